The number of hydrogen-bond donors (Lipinski definition) is 0. The van der Waals surface area contributed by atoms with Gasteiger partial charge >= 0.3 is 0 Å². The van der Waals surface area contributed by atoms with Gasteiger partial charge in [0.15, 0.2) is 5.82 Å². The highest BCUT2D eigenvalue weighted by Gasteiger charge is 2.35. The van der Waals surface area contributed by atoms with Crippen molar-refractivity contribution >= 4 is 0 Å². The first-order valence-electron chi connectivity index (χ1n) is 9.30. The molecule has 5 rings (SSSR count). The monoisotopic (exact) mass is 343 g/mol. The Labute approximate surface area is 152 Å². The smallest absolute Gasteiger partial charge is 0.178 e. The van der Waals surface area contributed by atoms with Crippen molar-refractivity contribution in [3.8, 4) is 22.9 Å². The zero-order valence-corrected chi connectivity index (χ0v) is 14.6. The molecular weight excluding hydrogens is 322 g/mol. The molecule has 3 aromatic rings. The van der Waals surface area contributed by atoms with Crippen molar-refractivity contribution in [3.05, 3.63) is 61.3 Å². The van der Waals surface area contributed by atoms with Gasteiger partial charge in [-0.1, -0.05) is 18.2 Å². The van der Waals surface area contributed by atoms with Gasteiger partial charge in [0.2, 0.25) is 0 Å². The lowest BCUT2D eigenvalue weighted by Gasteiger charge is -2.18. The predicted octanol–water partition coefficient (Wildman–Crippen LogP) is 4.00. The molecule has 2 aliphatic carbocycles. The normalized spacial score (nSPS) is 23.6. The van der Waals surface area contributed by atoms with Crippen LogP contribution in [0.4, 0.5) is 0 Å². The minimum absolute atomic E-state index is 0.640. The van der Waals surface area contributed by atoms with Gasteiger partial charge in [-0.05, 0) is 49.1 Å². The molecule has 5 heteroatoms. The van der Waals surface area contributed by atoms with E-state index in [2.05, 4.69) is 42.9 Å². The van der Waals surface area contributed by atoms with Gasteiger partial charge in [-0.15, -0.1) is 0 Å². The third-order valence-corrected chi connectivity index (χ3v) is 5.68. The Hall–Kier alpha value is -2.82. The summed E-state index contributed by atoms with van der Waals surface area (Å²) >= 11 is 0. The summed E-state index contributed by atoms with van der Waals surface area (Å²) in [7, 11) is 0. The number of imidazole rings is 1. The highest BCUT2D eigenvalue weighted by Crippen LogP contribution is 2.45. The second-order valence-electron chi connectivity index (χ2n) is 7.28. The standard InChI is InChI=1S/C21H21N5/c1-2-7-22-19(3-1)20-24-13-18(14-25-20)21-23-8-10-26(21)9-6-17-12-15-4-5-16(17)11-15/h1-5,7-8,10,13-17H,6,9,11-12H2/t15-,16+,17-/m0/s1. The van der Waals surface area contributed by atoms with E-state index in [1.54, 1.807) is 6.20 Å². The Morgan fingerprint density at radius 2 is 1.88 bits per heavy atom. The van der Waals surface area contributed by atoms with E-state index in [-0.39, 0.29) is 0 Å². The molecule has 0 aromatic carbocycles. The molecule has 0 unspecified atom stereocenters. The van der Waals surface area contributed by atoms with Crippen molar-refractivity contribution < 1.29 is 0 Å². The van der Waals surface area contributed by atoms with Crippen LogP contribution in [0.2, 0.25) is 0 Å². The largest absolute Gasteiger partial charge is 0.331 e. The molecule has 1 fully saturated rings. The molecule has 2 bridgehead atoms. The molecule has 26 heavy (non-hydrogen) atoms. The lowest BCUT2D eigenvalue weighted by Crippen LogP contribution is -2.11. The maximum Gasteiger partial charge on any atom is 0.178 e. The molecule has 0 radical (unpaired) electrons. The highest BCUT2D eigenvalue weighted by atomic mass is 15.1. The van der Waals surface area contributed by atoms with Gasteiger partial charge in [0, 0.05) is 37.5 Å². The maximum atomic E-state index is 4.54. The molecule has 0 saturated heterocycles. The summed E-state index contributed by atoms with van der Waals surface area (Å²) < 4.78 is 2.23. The van der Waals surface area contributed by atoms with Gasteiger partial charge in [0.1, 0.15) is 11.5 Å². The van der Waals surface area contributed by atoms with E-state index in [0.29, 0.717) is 5.82 Å². The first-order chi connectivity index (χ1) is 12.9. The Balaban J connectivity index is 1.31. The Morgan fingerprint density at radius 1 is 0.962 bits per heavy atom. The number of aromatic nitrogens is 5. The zero-order valence-electron chi connectivity index (χ0n) is 14.6. The molecule has 3 atom stereocenters. The van der Waals surface area contributed by atoms with Crippen molar-refractivity contribution in [2.45, 2.75) is 25.8 Å². The predicted molar refractivity (Wildman–Crippen MR) is 99.9 cm³/mol. The second-order valence-corrected chi connectivity index (χ2v) is 7.28. The van der Waals surface area contributed by atoms with Crippen LogP contribution in [-0.2, 0) is 6.54 Å². The van der Waals surface area contributed by atoms with E-state index in [1.165, 1.54) is 19.3 Å². The van der Waals surface area contributed by atoms with Gasteiger partial charge in [0.25, 0.3) is 0 Å². The summed E-state index contributed by atoms with van der Waals surface area (Å²) in [4.78, 5) is 17.8. The van der Waals surface area contributed by atoms with Gasteiger partial charge in [0.05, 0.1) is 5.56 Å². The van der Waals surface area contributed by atoms with Gasteiger partial charge in [-0.3, -0.25) is 4.98 Å². The van der Waals surface area contributed by atoms with Crippen LogP contribution in [0, 0.1) is 17.8 Å². The summed E-state index contributed by atoms with van der Waals surface area (Å²) in [6.45, 7) is 0.999. The van der Waals surface area contributed by atoms with Crippen LogP contribution < -0.4 is 0 Å². The molecule has 5 nitrogen and oxygen atoms in total. The number of hydrogen-bond acceptors (Lipinski definition) is 4. The summed E-state index contributed by atoms with van der Waals surface area (Å²) in [6, 6.07) is 5.75. The number of pyridine rings is 1. The number of aryl methyl sites for hydroxylation is 1. The molecule has 3 aromatic heterocycles. The van der Waals surface area contributed by atoms with Gasteiger partial charge in [-0.25, -0.2) is 15.0 Å². The fourth-order valence-electron chi connectivity index (χ4n) is 4.35. The second kappa shape index (κ2) is 6.48. The fraction of sp³-hybridized carbons (Fsp3) is 0.333. The molecule has 0 aliphatic heterocycles. The lowest BCUT2D eigenvalue weighted by molar-refractivity contribution is 0.389. The van der Waals surface area contributed by atoms with Crippen LogP contribution >= 0.6 is 0 Å². The molecule has 0 N–H and O–H groups in total. The number of allylic oxidation sites excluding steroid dienone is 2. The average molecular weight is 343 g/mol. The van der Waals surface area contributed by atoms with Crippen molar-refractivity contribution in [1.29, 1.82) is 0 Å². The molecule has 3 heterocycles. The lowest BCUT2D eigenvalue weighted by atomic mass is 9.90. The maximum absolute atomic E-state index is 4.54. The third-order valence-electron chi connectivity index (χ3n) is 5.68. The molecule has 2 aliphatic rings. The molecule has 0 spiro atoms. The third kappa shape index (κ3) is 2.83. The van der Waals surface area contributed by atoms with Crippen LogP contribution in [-0.4, -0.2) is 24.5 Å². The van der Waals surface area contributed by atoms with E-state index in [0.717, 1.165) is 41.4 Å². The average Bonchev–Trinajstić information content (AvgIpc) is 3.44. The van der Waals surface area contributed by atoms with Gasteiger partial charge in [-0.2, -0.15) is 0 Å². The number of fused-ring (bicyclic) bond motifs is 2. The van der Waals surface area contributed by atoms with E-state index in [1.807, 2.05) is 36.8 Å². The minimum Gasteiger partial charge on any atom is -0.331 e. The number of rotatable bonds is 5. The van der Waals surface area contributed by atoms with E-state index >= 15 is 0 Å². The van der Waals surface area contributed by atoms with Crippen molar-refractivity contribution in [2.24, 2.45) is 17.8 Å². The summed E-state index contributed by atoms with van der Waals surface area (Å²) in [6.07, 6.45) is 18.1. The highest BCUT2D eigenvalue weighted by molar-refractivity contribution is 5.56. The summed E-state index contributed by atoms with van der Waals surface area (Å²) in [5.41, 5.74) is 1.73. The summed E-state index contributed by atoms with van der Waals surface area (Å²) in [5.74, 6) is 4.04. The van der Waals surface area contributed by atoms with Crippen LogP contribution in [0.25, 0.3) is 22.9 Å². The minimum atomic E-state index is 0.640. The van der Waals surface area contributed by atoms with Crippen LogP contribution in [0.15, 0.2) is 61.3 Å². The molecular formula is C21H21N5. The van der Waals surface area contributed by atoms with Crippen molar-refractivity contribution in [1.82, 2.24) is 24.5 Å². The fourth-order valence-corrected chi connectivity index (χ4v) is 4.35. The van der Waals surface area contributed by atoms with E-state index < -0.39 is 0 Å². The summed E-state index contributed by atoms with van der Waals surface area (Å²) in [5, 5.41) is 0. The molecule has 1 saturated carbocycles. The van der Waals surface area contributed by atoms with E-state index in [4.69, 9.17) is 0 Å². The molecule has 130 valence electrons. The zero-order chi connectivity index (χ0) is 17.3. The first kappa shape index (κ1) is 15.4. The van der Waals surface area contributed by atoms with Gasteiger partial charge < -0.3 is 4.57 Å². The first-order valence-corrected chi connectivity index (χ1v) is 9.30. The topological polar surface area (TPSA) is 56.5 Å². The number of nitrogens with zero attached hydrogens (tertiary/aromatic N) is 5. The van der Waals surface area contributed by atoms with Crippen molar-refractivity contribution in [2.75, 3.05) is 0 Å². The van der Waals surface area contributed by atoms with Crippen LogP contribution in [0.1, 0.15) is 19.3 Å². The Bertz CT molecular complexity index is 913. The SMILES string of the molecule is C1=C[C@@H]2C[C@H]1C[C@@H]2CCn1ccnc1-c1cnc(-c2ccccn2)nc1. The quantitative estimate of drug-likeness (QED) is 0.657. The van der Waals surface area contributed by atoms with Crippen LogP contribution in [0.5, 0.6) is 0 Å². The molecule has 0 amide bonds. The van der Waals surface area contributed by atoms with Crippen LogP contribution in [0.3, 0.4) is 0 Å². The van der Waals surface area contributed by atoms with Crippen molar-refractivity contribution in [3.63, 3.8) is 0 Å². The van der Waals surface area contributed by atoms with E-state index in [9.17, 15) is 0 Å². The Morgan fingerprint density at radius 3 is 2.62 bits per heavy atom. The Kier molecular flexibility index (Phi) is 3.85.